The summed E-state index contributed by atoms with van der Waals surface area (Å²) in [5, 5.41) is 12.8. The summed E-state index contributed by atoms with van der Waals surface area (Å²) in [6.45, 7) is 4.67. The fourth-order valence-corrected chi connectivity index (χ4v) is 7.02. The lowest BCUT2D eigenvalue weighted by molar-refractivity contribution is -0.146. The smallest absolute Gasteiger partial charge is 0.412 e. The van der Waals surface area contributed by atoms with E-state index in [1.807, 2.05) is 0 Å². The second-order valence-electron chi connectivity index (χ2n) is 13.4. The van der Waals surface area contributed by atoms with E-state index in [0.717, 1.165) is 11.1 Å². The molecule has 1 aliphatic heterocycles. The van der Waals surface area contributed by atoms with E-state index in [4.69, 9.17) is 10.1 Å². The number of carbonyl (C=O) groups excluding carboxylic acids is 3. The van der Waals surface area contributed by atoms with Crippen LogP contribution >= 0.6 is 0 Å². The van der Waals surface area contributed by atoms with Gasteiger partial charge in [0.05, 0.1) is 22.5 Å². The fraction of sp³-hybridized carbons (Fsp3) is 0.400. The van der Waals surface area contributed by atoms with Gasteiger partial charge in [-0.15, -0.1) is 0 Å². The van der Waals surface area contributed by atoms with Gasteiger partial charge in [-0.3, -0.25) is 14.9 Å². The maximum Gasteiger partial charge on any atom is 0.412 e. The molecule has 3 atom stereocenters. The van der Waals surface area contributed by atoms with Crippen LogP contribution in [-0.4, -0.2) is 68.5 Å². The van der Waals surface area contributed by atoms with Crippen molar-refractivity contribution in [1.29, 1.82) is 5.41 Å². The first-order chi connectivity index (χ1) is 23.6. The van der Waals surface area contributed by atoms with Gasteiger partial charge in [0.15, 0.2) is 0 Å². The molecule has 1 aliphatic carbocycles. The van der Waals surface area contributed by atoms with Crippen molar-refractivity contribution in [3.8, 4) is 0 Å². The number of halogens is 3. The third-order valence-corrected chi connectivity index (χ3v) is 9.73. The second-order valence-corrected chi connectivity index (χ2v) is 14.6. The molecule has 5 rings (SSSR count). The van der Waals surface area contributed by atoms with Crippen LogP contribution in [0.1, 0.15) is 64.1 Å². The summed E-state index contributed by atoms with van der Waals surface area (Å²) in [6, 6.07) is 16.7. The number of anilines is 3. The highest BCUT2D eigenvalue weighted by atomic mass is 32.2. The molecule has 1 saturated heterocycles. The minimum atomic E-state index is -2.98. The Morgan fingerprint density at radius 1 is 0.980 bits per heavy atom. The van der Waals surface area contributed by atoms with Crippen LogP contribution in [0.25, 0.3) is 0 Å². The summed E-state index contributed by atoms with van der Waals surface area (Å²) >= 11 is 0. The van der Waals surface area contributed by atoms with Crippen LogP contribution < -0.4 is 15.4 Å². The quantitative estimate of drug-likeness (QED) is 0.184. The summed E-state index contributed by atoms with van der Waals surface area (Å²) in [5.74, 6) is -4.37. The molecule has 3 aromatic rings. The van der Waals surface area contributed by atoms with Crippen molar-refractivity contribution in [3.63, 3.8) is 0 Å². The molecule has 4 N–H and O–H groups in total. The minimum Gasteiger partial charge on any atom is -0.444 e. The lowest BCUT2D eigenvalue weighted by Gasteiger charge is -2.42. The molecule has 0 radical (unpaired) electrons. The molecule has 2 aromatic carbocycles. The SMILES string of the molecule is CC(C)(C)OC(=O)Nc1ccc(NC(=O)[C@H]2C[C@@H](F)CN2C(=O)C2(c3ccc(NS(=O)c4ccccc4)cc3)CCC(F)(F)CC2)nc1C=N. The van der Waals surface area contributed by atoms with Crippen molar-refractivity contribution in [2.75, 3.05) is 21.9 Å². The number of aromatic nitrogens is 1. The molecule has 50 heavy (non-hydrogen) atoms. The molecule has 3 amide bonds. The van der Waals surface area contributed by atoms with Crippen molar-refractivity contribution in [3.05, 3.63) is 78.0 Å². The number of likely N-dealkylation sites (tertiary alicyclic amines) is 1. The molecule has 0 spiro atoms. The van der Waals surface area contributed by atoms with Gasteiger partial charge in [0.2, 0.25) is 17.7 Å². The Kier molecular flexibility index (Phi) is 10.6. The van der Waals surface area contributed by atoms with E-state index in [1.165, 1.54) is 12.1 Å². The van der Waals surface area contributed by atoms with E-state index in [9.17, 15) is 31.8 Å². The van der Waals surface area contributed by atoms with Gasteiger partial charge in [0, 0.05) is 31.2 Å². The number of carbonyl (C=O) groups is 3. The molecule has 1 aromatic heterocycles. The van der Waals surface area contributed by atoms with Crippen molar-refractivity contribution in [2.24, 2.45) is 0 Å². The first-order valence-electron chi connectivity index (χ1n) is 16.1. The number of nitrogens with one attached hydrogen (secondary N) is 4. The predicted octanol–water partition coefficient (Wildman–Crippen LogP) is 6.59. The molecule has 2 fully saturated rings. The first kappa shape index (κ1) is 36.5. The van der Waals surface area contributed by atoms with Gasteiger partial charge in [0.1, 0.15) is 40.3 Å². The Bertz CT molecular complexity index is 1760. The number of benzene rings is 2. The molecular formula is C35H39F3N6O5S. The van der Waals surface area contributed by atoms with Gasteiger partial charge >= 0.3 is 6.09 Å². The van der Waals surface area contributed by atoms with Crippen LogP contribution in [0.4, 0.5) is 35.2 Å². The summed E-state index contributed by atoms with van der Waals surface area (Å²) in [7, 11) is -1.57. The molecule has 2 heterocycles. The maximum absolute atomic E-state index is 15.0. The van der Waals surface area contributed by atoms with Gasteiger partial charge in [-0.2, -0.15) is 0 Å². The maximum atomic E-state index is 15.0. The summed E-state index contributed by atoms with van der Waals surface area (Å²) in [6.07, 6.45) is -3.33. The van der Waals surface area contributed by atoms with E-state index in [1.54, 1.807) is 75.4 Å². The Balaban J connectivity index is 1.36. The van der Waals surface area contributed by atoms with E-state index in [2.05, 4.69) is 20.3 Å². The lowest BCUT2D eigenvalue weighted by Crippen LogP contribution is -2.54. The van der Waals surface area contributed by atoms with Crippen molar-refractivity contribution < 1.29 is 36.5 Å². The fourth-order valence-electron chi connectivity index (χ4n) is 6.15. The van der Waals surface area contributed by atoms with Crippen molar-refractivity contribution >= 4 is 52.3 Å². The molecular weight excluding hydrogens is 673 g/mol. The number of rotatable bonds is 9. The Hall–Kier alpha value is -4.79. The van der Waals surface area contributed by atoms with Crippen molar-refractivity contribution in [2.45, 2.75) is 86.9 Å². The van der Waals surface area contributed by atoms with Crippen LogP contribution in [0.3, 0.4) is 0 Å². The minimum absolute atomic E-state index is 0.00371. The van der Waals surface area contributed by atoms with Crippen LogP contribution in [0.5, 0.6) is 0 Å². The Morgan fingerprint density at radius 2 is 1.64 bits per heavy atom. The zero-order valence-corrected chi connectivity index (χ0v) is 28.6. The van der Waals surface area contributed by atoms with Crippen LogP contribution in [0.15, 0.2) is 71.6 Å². The van der Waals surface area contributed by atoms with Crippen molar-refractivity contribution in [1.82, 2.24) is 9.88 Å². The monoisotopic (exact) mass is 712 g/mol. The molecule has 15 heteroatoms. The average molecular weight is 713 g/mol. The standard InChI is InChI=1S/C35H39F3N6O5S/c1-33(2,3)49-32(47)41-26-13-14-29(40-27(26)20-39)42-30(45)28-19-23(36)21-44(28)31(46)34(15-17-35(37,38)18-16-34)22-9-11-24(12-10-22)43-50(48)25-7-5-4-6-8-25/h4-14,20,23,28,39,43H,15-19,21H2,1-3H3,(H,41,47)(H,40,42,45)/t23-,28-,50?/m1/s1. The number of hydrogen-bond acceptors (Lipinski definition) is 7. The number of hydrogen-bond donors (Lipinski definition) is 4. The van der Waals surface area contributed by atoms with E-state index in [0.29, 0.717) is 16.1 Å². The number of pyridine rings is 1. The lowest BCUT2D eigenvalue weighted by atomic mass is 9.67. The highest BCUT2D eigenvalue weighted by Gasteiger charge is 2.53. The zero-order valence-electron chi connectivity index (χ0n) is 27.8. The zero-order chi connectivity index (χ0) is 36.3. The van der Waals surface area contributed by atoms with Gasteiger partial charge in [0.25, 0.3) is 0 Å². The number of amides is 3. The van der Waals surface area contributed by atoms with E-state index < -0.39 is 77.4 Å². The van der Waals surface area contributed by atoms with Gasteiger partial charge in [-0.05, 0) is 75.6 Å². The van der Waals surface area contributed by atoms with Gasteiger partial charge in [-0.25, -0.2) is 27.2 Å². The Labute approximate surface area is 290 Å². The van der Waals surface area contributed by atoms with Gasteiger partial charge in [-0.1, -0.05) is 30.3 Å². The largest absolute Gasteiger partial charge is 0.444 e. The molecule has 1 unspecified atom stereocenters. The topological polar surface area (TPSA) is 154 Å². The molecule has 0 bridgehead atoms. The predicted molar refractivity (Wildman–Crippen MR) is 184 cm³/mol. The van der Waals surface area contributed by atoms with Crippen LogP contribution in [0.2, 0.25) is 0 Å². The summed E-state index contributed by atoms with van der Waals surface area (Å²) < 4.78 is 64.8. The molecule has 1 saturated carbocycles. The number of ether oxygens (including phenoxy) is 1. The summed E-state index contributed by atoms with van der Waals surface area (Å²) in [4.78, 5) is 46.1. The second kappa shape index (κ2) is 14.6. The summed E-state index contributed by atoms with van der Waals surface area (Å²) in [5.41, 5.74) is -1.16. The van der Waals surface area contributed by atoms with Crippen LogP contribution in [0, 0.1) is 5.41 Å². The highest BCUT2D eigenvalue weighted by molar-refractivity contribution is 7.86. The normalized spacial score (nSPS) is 20.3. The molecule has 266 valence electrons. The highest BCUT2D eigenvalue weighted by Crippen LogP contribution is 2.47. The third kappa shape index (κ3) is 8.49. The number of alkyl halides is 3. The number of nitrogens with zero attached hydrogens (tertiary/aromatic N) is 2. The Morgan fingerprint density at radius 3 is 2.26 bits per heavy atom. The molecule has 2 aliphatic rings. The van der Waals surface area contributed by atoms with E-state index in [-0.39, 0.29) is 36.5 Å². The van der Waals surface area contributed by atoms with E-state index >= 15 is 0 Å². The van der Waals surface area contributed by atoms with Gasteiger partial charge < -0.3 is 25.1 Å². The van der Waals surface area contributed by atoms with Crippen LogP contribution in [-0.2, 0) is 30.7 Å². The first-order valence-corrected chi connectivity index (χ1v) is 17.2. The average Bonchev–Trinajstić information content (AvgIpc) is 3.47. The molecule has 11 nitrogen and oxygen atoms in total. The third-order valence-electron chi connectivity index (χ3n) is 8.61.